The minimum absolute atomic E-state index is 0.293. The summed E-state index contributed by atoms with van der Waals surface area (Å²) in [6.45, 7) is 2.17. The Morgan fingerprint density at radius 2 is 1.42 bits per heavy atom. The first-order valence-electron chi connectivity index (χ1n) is 6.43. The van der Waals surface area contributed by atoms with E-state index in [4.69, 9.17) is 0 Å². The second kappa shape index (κ2) is 6.53. The molecule has 0 saturated heterocycles. The Kier molecular flexibility index (Phi) is 4.74. The van der Waals surface area contributed by atoms with E-state index in [1.165, 1.54) is 5.56 Å². The normalized spacial score (nSPS) is 12.3. The zero-order chi connectivity index (χ0) is 13.7. The van der Waals surface area contributed by atoms with Crippen LogP contribution >= 0.6 is 11.8 Å². The van der Waals surface area contributed by atoms with Crippen molar-refractivity contribution in [3.63, 3.8) is 0 Å². The number of hydrogen-bond donors (Lipinski definition) is 2. The van der Waals surface area contributed by atoms with Gasteiger partial charge < -0.3 is 10.2 Å². The molecule has 0 aliphatic rings. The Morgan fingerprint density at radius 1 is 0.895 bits per heavy atom. The summed E-state index contributed by atoms with van der Waals surface area (Å²) in [5, 5.41) is 19.0. The third kappa shape index (κ3) is 3.93. The number of aromatic hydroxyl groups is 2. The van der Waals surface area contributed by atoms with E-state index in [0.29, 0.717) is 16.7 Å². The summed E-state index contributed by atoms with van der Waals surface area (Å²) in [4.78, 5) is 1.14. The standard InChI is InChI=1S/C16H18O2S/c1-2-3-16(12-4-6-13(17)7-5-12)19-15-10-8-14(18)9-11-15/h4-11,16-18H,2-3H2,1H3. The highest BCUT2D eigenvalue weighted by molar-refractivity contribution is 7.99. The van der Waals surface area contributed by atoms with Gasteiger partial charge in [0.25, 0.3) is 0 Å². The smallest absolute Gasteiger partial charge is 0.115 e. The molecule has 3 heteroatoms. The van der Waals surface area contributed by atoms with Crippen LogP contribution in [0.15, 0.2) is 53.4 Å². The molecular formula is C16H18O2S. The monoisotopic (exact) mass is 274 g/mol. The molecule has 0 aliphatic carbocycles. The predicted molar refractivity (Wildman–Crippen MR) is 79.7 cm³/mol. The number of rotatable bonds is 5. The highest BCUT2D eigenvalue weighted by atomic mass is 32.2. The molecule has 1 unspecified atom stereocenters. The molecule has 2 rings (SSSR count). The largest absolute Gasteiger partial charge is 0.508 e. The van der Waals surface area contributed by atoms with Crippen LogP contribution in [0.25, 0.3) is 0 Å². The van der Waals surface area contributed by atoms with E-state index in [2.05, 4.69) is 6.92 Å². The van der Waals surface area contributed by atoms with Gasteiger partial charge in [-0.3, -0.25) is 0 Å². The van der Waals surface area contributed by atoms with Gasteiger partial charge >= 0.3 is 0 Å². The molecule has 0 saturated carbocycles. The molecule has 0 fully saturated rings. The van der Waals surface area contributed by atoms with Crippen LogP contribution < -0.4 is 0 Å². The Morgan fingerprint density at radius 3 is 1.95 bits per heavy atom. The van der Waals surface area contributed by atoms with Gasteiger partial charge in [-0.1, -0.05) is 25.5 Å². The van der Waals surface area contributed by atoms with Crippen LogP contribution in [0.4, 0.5) is 0 Å². The maximum atomic E-state index is 9.35. The lowest BCUT2D eigenvalue weighted by Crippen LogP contribution is -1.93. The SMILES string of the molecule is CCCC(Sc1ccc(O)cc1)c1ccc(O)cc1. The summed E-state index contributed by atoms with van der Waals surface area (Å²) in [7, 11) is 0. The second-order valence-corrected chi connectivity index (χ2v) is 5.76. The van der Waals surface area contributed by atoms with Crippen molar-refractivity contribution in [3.05, 3.63) is 54.1 Å². The fourth-order valence-electron chi connectivity index (χ4n) is 1.93. The number of hydrogen-bond acceptors (Lipinski definition) is 3. The van der Waals surface area contributed by atoms with Crippen molar-refractivity contribution in [2.75, 3.05) is 0 Å². The zero-order valence-electron chi connectivity index (χ0n) is 10.9. The van der Waals surface area contributed by atoms with Crippen molar-refractivity contribution in [2.45, 2.75) is 29.9 Å². The number of phenolic OH excluding ortho intramolecular Hbond substituents is 2. The maximum Gasteiger partial charge on any atom is 0.115 e. The fourth-order valence-corrected chi connectivity index (χ4v) is 3.20. The molecule has 2 aromatic carbocycles. The van der Waals surface area contributed by atoms with Crippen molar-refractivity contribution in [2.24, 2.45) is 0 Å². The quantitative estimate of drug-likeness (QED) is 0.774. The first-order chi connectivity index (χ1) is 9.19. The Labute approximate surface area is 118 Å². The zero-order valence-corrected chi connectivity index (χ0v) is 11.7. The number of phenols is 2. The van der Waals surface area contributed by atoms with Crippen LogP contribution in [0.3, 0.4) is 0 Å². The van der Waals surface area contributed by atoms with Crippen molar-refractivity contribution in [1.29, 1.82) is 0 Å². The number of benzene rings is 2. The van der Waals surface area contributed by atoms with Crippen LogP contribution in [-0.2, 0) is 0 Å². The molecule has 2 N–H and O–H groups in total. The Bertz CT molecular complexity index is 505. The highest BCUT2D eigenvalue weighted by Gasteiger charge is 2.12. The summed E-state index contributed by atoms with van der Waals surface area (Å²) < 4.78 is 0. The second-order valence-electron chi connectivity index (χ2n) is 4.48. The van der Waals surface area contributed by atoms with Crippen molar-refractivity contribution < 1.29 is 10.2 Å². The fraction of sp³-hybridized carbons (Fsp3) is 0.250. The molecule has 0 radical (unpaired) electrons. The minimum atomic E-state index is 0.293. The van der Waals surface area contributed by atoms with Crippen LogP contribution in [-0.4, -0.2) is 10.2 Å². The van der Waals surface area contributed by atoms with Crippen LogP contribution in [0, 0.1) is 0 Å². The van der Waals surface area contributed by atoms with E-state index in [9.17, 15) is 10.2 Å². The van der Waals surface area contributed by atoms with Crippen LogP contribution in [0.2, 0.25) is 0 Å². The van der Waals surface area contributed by atoms with Crippen molar-refractivity contribution >= 4 is 11.8 Å². The molecule has 0 heterocycles. The van der Waals surface area contributed by atoms with Gasteiger partial charge in [0.2, 0.25) is 0 Å². The summed E-state index contributed by atoms with van der Waals surface area (Å²) in [5.41, 5.74) is 1.22. The van der Waals surface area contributed by atoms with Crippen LogP contribution in [0.5, 0.6) is 11.5 Å². The first kappa shape index (κ1) is 13.8. The maximum absolute atomic E-state index is 9.35. The van der Waals surface area contributed by atoms with Crippen LogP contribution in [0.1, 0.15) is 30.6 Å². The molecule has 0 spiro atoms. The summed E-state index contributed by atoms with van der Waals surface area (Å²) in [6.07, 6.45) is 2.19. The van der Waals surface area contributed by atoms with E-state index in [1.54, 1.807) is 36.0 Å². The molecule has 0 aromatic heterocycles. The molecule has 1 atom stereocenters. The van der Waals surface area contributed by atoms with Gasteiger partial charge in [0, 0.05) is 10.1 Å². The summed E-state index contributed by atoms with van der Waals surface area (Å²) in [6, 6.07) is 14.7. The average molecular weight is 274 g/mol. The third-order valence-electron chi connectivity index (χ3n) is 2.93. The lowest BCUT2D eigenvalue weighted by molar-refractivity contribution is 0.474. The molecule has 19 heavy (non-hydrogen) atoms. The first-order valence-corrected chi connectivity index (χ1v) is 7.31. The topological polar surface area (TPSA) is 40.5 Å². The van der Waals surface area contributed by atoms with E-state index >= 15 is 0 Å². The van der Waals surface area contributed by atoms with E-state index in [0.717, 1.165) is 17.7 Å². The van der Waals surface area contributed by atoms with Gasteiger partial charge in [-0.2, -0.15) is 0 Å². The van der Waals surface area contributed by atoms with Crippen molar-refractivity contribution in [1.82, 2.24) is 0 Å². The average Bonchev–Trinajstić information content (AvgIpc) is 2.42. The molecule has 2 aromatic rings. The molecule has 100 valence electrons. The lowest BCUT2D eigenvalue weighted by atomic mass is 10.1. The van der Waals surface area contributed by atoms with Gasteiger partial charge in [0.15, 0.2) is 0 Å². The molecular weight excluding hydrogens is 256 g/mol. The minimum Gasteiger partial charge on any atom is -0.508 e. The van der Waals surface area contributed by atoms with Gasteiger partial charge in [-0.05, 0) is 48.4 Å². The predicted octanol–water partition coefficient (Wildman–Crippen LogP) is 4.73. The number of thioether (sulfide) groups is 1. The van der Waals surface area contributed by atoms with E-state index in [-0.39, 0.29) is 0 Å². The van der Waals surface area contributed by atoms with E-state index < -0.39 is 0 Å². The van der Waals surface area contributed by atoms with Gasteiger partial charge in [-0.15, -0.1) is 11.8 Å². The molecule has 0 aliphatic heterocycles. The van der Waals surface area contributed by atoms with Gasteiger partial charge in [0.05, 0.1) is 0 Å². The van der Waals surface area contributed by atoms with Crippen molar-refractivity contribution in [3.8, 4) is 11.5 Å². The Hall–Kier alpha value is -1.61. The highest BCUT2D eigenvalue weighted by Crippen LogP contribution is 2.39. The van der Waals surface area contributed by atoms with Gasteiger partial charge in [0.1, 0.15) is 11.5 Å². The summed E-state index contributed by atoms with van der Waals surface area (Å²) in [5.74, 6) is 0.592. The Balaban J connectivity index is 2.15. The van der Waals surface area contributed by atoms with E-state index in [1.807, 2.05) is 24.3 Å². The molecule has 2 nitrogen and oxygen atoms in total. The molecule has 0 bridgehead atoms. The third-order valence-corrected chi connectivity index (χ3v) is 4.27. The molecule has 0 amide bonds. The summed E-state index contributed by atoms with van der Waals surface area (Å²) >= 11 is 1.79. The lowest BCUT2D eigenvalue weighted by Gasteiger charge is -2.16. The van der Waals surface area contributed by atoms with Gasteiger partial charge in [-0.25, -0.2) is 0 Å².